The zero-order valence-electron chi connectivity index (χ0n) is 8.10. The van der Waals surface area contributed by atoms with E-state index >= 15 is 0 Å². The lowest BCUT2D eigenvalue weighted by atomic mass is 10.2. The number of hydrogen-bond acceptors (Lipinski definition) is 4. The Morgan fingerprint density at radius 1 is 1.71 bits per heavy atom. The van der Waals surface area contributed by atoms with Crippen molar-refractivity contribution in [1.82, 2.24) is 15.3 Å². The molecule has 0 aromatic rings. The summed E-state index contributed by atoms with van der Waals surface area (Å²) in [5.41, 5.74) is 0. The zero-order valence-corrected chi connectivity index (χ0v) is 8.10. The highest BCUT2D eigenvalue weighted by atomic mass is 16.2. The van der Waals surface area contributed by atoms with E-state index in [-0.39, 0.29) is 11.9 Å². The van der Waals surface area contributed by atoms with Crippen molar-refractivity contribution in [2.75, 3.05) is 19.6 Å². The molecular formula is C9H13N4O. The second kappa shape index (κ2) is 3.79. The van der Waals surface area contributed by atoms with Gasteiger partial charge in [-0.25, -0.2) is 0 Å². The minimum absolute atomic E-state index is 0.101. The highest BCUT2D eigenvalue weighted by Crippen LogP contribution is 2.07. The summed E-state index contributed by atoms with van der Waals surface area (Å²) in [4.78, 5) is 15.6. The molecule has 1 N–H and O–H groups in total. The molecule has 2 rings (SSSR count). The number of piperazine rings is 1. The highest BCUT2D eigenvalue weighted by molar-refractivity contribution is 5.82. The Labute approximate surface area is 83.1 Å². The van der Waals surface area contributed by atoms with E-state index in [0.717, 1.165) is 6.54 Å². The predicted molar refractivity (Wildman–Crippen MR) is 52.2 cm³/mol. The van der Waals surface area contributed by atoms with Crippen molar-refractivity contribution in [3.63, 3.8) is 0 Å². The van der Waals surface area contributed by atoms with Gasteiger partial charge < -0.3 is 5.32 Å². The van der Waals surface area contributed by atoms with Crippen LogP contribution in [-0.4, -0.2) is 47.8 Å². The van der Waals surface area contributed by atoms with Gasteiger partial charge in [0.05, 0.1) is 19.1 Å². The standard InChI is InChI=1S/C9H13N4O/c1-8-9(14)13(7-4-11-8)12-5-2-10-3-6-12/h2,6,8,11H,4-5,7H2,1H3. The summed E-state index contributed by atoms with van der Waals surface area (Å²) in [5.74, 6) is 0.101. The van der Waals surface area contributed by atoms with E-state index in [1.54, 1.807) is 17.4 Å². The van der Waals surface area contributed by atoms with Gasteiger partial charge in [-0.15, -0.1) is 0 Å². The maximum atomic E-state index is 11.8. The van der Waals surface area contributed by atoms with Crippen LogP contribution in [0.25, 0.3) is 0 Å². The van der Waals surface area contributed by atoms with Crippen molar-refractivity contribution in [3.8, 4) is 0 Å². The Balaban J connectivity index is 2.05. The average molecular weight is 193 g/mol. The SMILES string of the molecule is CC1NCCN(N2C=[C]N=CC2)C1=O. The number of hydrazine groups is 1. The van der Waals surface area contributed by atoms with E-state index < -0.39 is 0 Å². The van der Waals surface area contributed by atoms with E-state index in [4.69, 9.17) is 0 Å². The largest absolute Gasteiger partial charge is 0.304 e. The lowest BCUT2D eigenvalue weighted by molar-refractivity contribution is -0.148. The van der Waals surface area contributed by atoms with Gasteiger partial charge in [0.15, 0.2) is 0 Å². The molecule has 0 aromatic carbocycles. The molecule has 2 aliphatic heterocycles. The highest BCUT2D eigenvalue weighted by Gasteiger charge is 2.27. The number of amides is 1. The molecule has 0 bridgehead atoms. The fraction of sp³-hybridized carbons (Fsp3) is 0.556. The van der Waals surface area contributed by atoms with Crippen molar-refractivity contribution in [3.05, 3.63) is 12.4 Å². The van der Waals surface area contributed by atoms with Crippen molar-refractivity contribution in [2.24, 2.45) is 4.99 Å². The number of aliphatic imine (C=N–C) groups is 1. The molecule has 1 radical (unpaired) electrons. The first-order chi connectivity index (χ1) is 6.79. The Morgan fingerprint density at radius 2 is 2.57 bits per heavy atom. The fourth-order valence-electron chi connectivity index (χ4n) is 1.56. The molecule has 1 saturated heterocycles. The first-order valence-electron chi connectivity index (χ1n) is 4.71. The molecule has 1 amide bonds. The van der Waals surface area contributed by atoms with Crippen LogP contribution in [0, 0.1) is 6.20 Å². The van der Waals surface area contributed by atoms with Gasteiger partial charge in [0.1, 0.15) is 6.20 Å². The van der Waals surface area contributed by atoms with Crippen molar-refractivity contribution >= 4 is 12.1 Å². The molecule has 0 aromatic heterocycles. The summed E-state index contributed by atoms with van der Waals surface area (Å²) >= 11 is 0. The van der Waals surface area contributed by atoms with Crippen LogP contribution < -0.4 is 5.32 Å². The molecule has 2 aliphatic rings. The number of nitrogens with one attached hydrogen (secondary N) is 1. The van der Waals surface area contributed by atoms with Crippen molar-refractivity contribution < 1.29 is 4.79 Å². The number of rotatable bonds is 1. The van der Waals surface area contributed by atoms with E-state index in [1.165, 1.54) is 0 Å². The molecule has 1 atom stereocenters. The summed E-state index contributed by atoms with van der Waals surface area (Å²) in [6, 6.07) is -0.101. The first-order valence-corrected chi connectivity index (χ1v) is 4.71. The van der Waals surface area contributed by atoms with Crippen LogP contribution >= 0.6 is 0 Å². The van der Waals surface area contributed by atoms with Gasteiger partial charge in [-0.3, -0.25) is 19.8 Å². The number of carbonyl (C=O) groups excluding carboxylic acids is 1. The number of hydrogen-bond donors (Lipinski definition) is 1. The van der Waals surface area contributed by atoms with Crippen molar-refractivity contribution in [1.29, 1.82) is 0 Å². The molecule has 0 aliphatic carbocycles. The van der Waals surface area contributed by atoms with E-state index in [9.17, 15) is 4.79 Å². The van der Waals surface area contributed by atoms with Gasteiger partial charge in [0.2, 0.25) is 0 Å². The van der Waals surface area contributed by atoms with Gasteiger partial charge in [-0.1, -0.05) is 0 Å². The maximum absolute atomic E-state index is 11.8. The summed E-state index contributed by atoms with van der Waals surface area (Å²) in [6.45, 7) is 4.05. The molecule has 1 fully saturated rings. The average Bonchev–Trinajstić information content (AvgIpc) is 2.23. The van der Waals surface area contributed by atoms with Crippen LogP contribution in [0.4, 0.5) is 0 Å². The van der Waals surface area contributed by atoms with Gasteiger partial charge >= 0.3 is 0 Å². The molecule has 5 heteroatoms. The Kier molecular flexibility index (Phi) is 2.49. The van der Waals surface area contributed by atoms with E-state index in [2.05, 4.69) is 16.5 Å². The van der Waals surface area contributed by atoms with Crippen molar-refractivity contribution in [2.45, 2.75) is 13.0 Å². The molecule has 2 heterocycles. The maximum Gasteiger partial charge on any atom is 0.257 e. The number of carbonyl (C=O) groups is 1. The Hall–Kier alpha value is -1.36. The van der Waals surface area contributed by atoms with Crippen LogP contribution in [0.2, 0.25) is 0 Å². The lowest BCUT2D eigenvalue weighted by Gasteiger charge is -2.38. The Morgan fingerprint density at radius 3 is 3.29 bits per heavy atom. The number of nitrogens with zero attached hydrogens (tertiary/aromatic N) is 3. The third kappa shape index (κ3) is 1.63. The Bertz CT molecular complexity index is 287. The molecule has 5 nitrogen and oxygen atoms in total. The molecule has 14 heavy (non-hydrogen) atoms. The smallest absolute Gasteiger partial charge is 0.257 e. The predicted octanol–water partition coefficient (Wildman–Crippen LogP) is -0.618. The second-order valence-corrected chi connectivity index (χ2v) is 3.33. The minimum Gasteiger partial charge on any atom is -0.304 e. The molecular weight excluding hydrogens is 180 g/mol. The van der Waals surface area contributed by atoms with Crippen LogP contribution in [0.15, 0.2) is 11.2 Å². The van der Waals surface area contributed by atoms with Gasteiger partial charge in [0, 0.05) is 19.0 Å². The van der Waals surface area contributed by atoms with E-state index in [1.807, 2.05) is 11.9 Å². The monoisotopic (exact) mass is 193 g/mol. The van der Waals surface area contributed by atoms with Crippen LogP contribution in [-0.2, 0) is 4.79 Å². The topological polar surface area (TPSA) is 47.9 Å². The van der Waals surface area contributed by atoms with Crippen LogP contribution in [0.5, 0.6) is 0 Å². The first kappa shape index (κ1) is 9.21. The quantitative estimate of drug-likeness (QED) is 0.604. The van der Waals surface area contributed by atoms with Gasteiger partial charge in [0.25, 0.3) is 5.91 Å². The molecule has 75 valence electrons. The summed E-state index contributed by atoms with van der Waals surface area (Å²) in [5, 5.41) is 6.69. The summed E-state index contributed by atoms with van der Waals surface area (Å²) < 4.78 is 0. The van der Waals surface area contributed by atoms with E-state index in [0.29, 0.717) is 13.1 Å². The van der Waals surface area contributed by atoms with Crippen LogP contribution in [0.1, 0.15) is 6.92 Å². The fourth-order valence-corrected chi connectivity index (χ4v) is 1.56. The molecule has 0 saturated carbocycles. The molecule has 1 unspecified atom stereocenters. The third-order valence-corrected chi connectivity index (χ3v) is 2.35. The van der Waals surface area contributed by atoms with Gasteiger partial charge in [-0.05, 0) is 6.92 Å². The van der Waals surface area contributed by atoms with Gasteiger partial charge in [-0.2, -0.15) is 0 Å². The molecule has 0 spiro atoms. The van der Waals surface area contributed by atoms with Crippen LogP contribution in [0.3, 0.4) is 0 Å². The normalized spacial score (nSPS) is 27.2. The second-order valence-electron chi connectivity index (χ2n) is 3.33. The zero-order chi connectivity index (χ0) is 9.97. The third-order valence-electron chi connectivity index (χ3n) is 2.35. The summed E-state index contributed by atoms with van der Waals surface area (Å²) in [7, 11) is 0. The summed E-state index contributed by atoms with van der Waals surface area (Å²) in [6.07, 6.45) is 6.16. The minimum atomic E-state index is -0.101. The lowest BCUT2D eigenvalue weighted by Crippen LogP contribution is -2.58.